The minimum absolute atomic E-state index is 0.145. The van der Waals surface area contributed by atoms with Crippen LogP contribution in [0.4, 0.5) is 4.39 Å². The minimum Gasteiger partial charge on any atom is -0.300 e. The SMILES string of the molecule is Fc1ccc(CN2CCN(C[C@@H]3C[C@H]4C=C[C@H]3C4)CC2)cc1. The zero-order valence-electron chi connectivity index (χ0n) is 13.1. The summed E-state index contributed by atoms with van der Waals surface area (Å²) in [5, 5.41) is 0. The highest BCUT2D eigenvalue weighted by Crippen LogP contribution is 2.43. The maximum absolute atomic E-state index is 12.9. The van der Waals surface area contributed by atoms with Crippen LogP contribution >= 0.6 is 0 Å². The number of rotatable bonds is 4. The molecule has 2 bridgehead atoms. The largest absolute Gasteiger partial charge is 0.300 e. The Hall–Kier alpha value is -1.19. The molecule has 0 N–H and O–H groups in total. The van der Waals surface area contributed by atoms with Gasteiger partial charge in [0.2, 0.25) is 0 Å². The number of piperazine rings is 1. The van der Waals surface area contributed by atoms with E-state index in [0.29, 0.717) is 0 Å². The van der Waals surface area contributed by atoms with Crippen LogP contribution in [-0.2, 0) is 6.54 Å². The predicted octanol–water partition coefficient (Wildman–Crippen LogP) is 3.16. The van der Waals surface area contributed by atoms with Crippen molar-refractivity contribution in [1.29, 1.82) is 0 Å². The van der Waals surface area contributed by atoms with Gasteiger partial charge in [0, 0.05) is 39.3 Å². The van der Waals surface area contributed by atoms with E-state index < -0.39 is 0 Å². The molecule has 3 heteroatoms. The number of hydrogen-bond acceptors (Lipinski definition) is 2. The van der Waals surface area contributed by atoms with Crippen LogP contribution in [0, 0.1) is 23.6 Å². The van der Waals surface area contributed by atoms with Gasteiger partial charge in [-0.05, 0) is 48.3 Å². The van der Waals surface area contributed by atoms with Crippen molar-refractivity contribution in [2.75, 3.05) is 32.7 Å². The Morgan fingerprint density at radius 1 is 0.909 bits per heavy atom. The van der Waals surface area contributed by atoms with Crippen LogP contribution in [0.15, 0.2) is 36.4 Å². The molecule has 0 spiro atoms. The fourth-order valence-corrected chi connectivity index (χ4v) is 4.41. The van der Waals surface area contributed by atoms with Gasteiger partial charge in [-0.3, -0.25) is 4.90 Å². The van der Waals surface area contributed by atoms with E-state index >= 15 is 0 Å². The van der Waals surface area contributed by atoms with Gasteiger partial charge in [0.05, 0.1) is 0 Å². The molecule has 3 atom stereocenters. The normalized spacial score (nSPS) is 32.0. The molecule has 22 heavy (non-hydrogen) atoms. The number of fused-ring (bicyclic) bond motifs is 2. The molecule has 0 radical (unpaired) electrons. The third-order valence-corrected chi connectivity index (χ3v) is 5.69. The quantitative estimate of drug-likeness (QED) is 0.788. The van der Waals surface area contributed by atoms with E-state index in [9.17, 15) is 4.39 Å². The zero-order valence-corrected chi connectivity index (χ0v) is 13.1. The number of halogens is 1. The molecule has 4 rings (SSSR count). The second-order valence-electron chi connectivity index (χ2n) is 7.24. The fraction of sp³-hybridized carbons (Fsp3) is 0.579. The van der Waals surface area contributed by atoms with Gasteiger partial charge < -0.3 is 4.90 Å². The van der Waals surface area contributed by atoms with Gasteiger partial charge in [-0.2, -0.15) is 0 Å². The number of allylic oxidation sites excluding steroid dienone is 2. The molecule has 1 saturated heterocycles. The van der Waals surface area contributed by atoms with Gasteiger partial charge in [0.25, 0.3) is 0 Å². The summed E-state index contributed by atoms with van der Waals surface area (Å²) in [6.45, 7) is 6.86. The Morgan fingerprint density at radius 2 is 1.64 bits per heavy atom. The molecule has 1 aliphatic heterocycles. The summed E-state index contributed by atoms with van der Waals surface area (Å²) < 4.78 is 12.9. The van der Waals surface area contributed by atoms with Crippen molar-refractivity contribution >= 4 is 0 Å². The number of hydrogen-bond donors (Lipinski definition) is 0. The number of benzene rings is 1. The molecule has 0 amide bonds. The second kappa shape index (κ2) is 6.13. The van der Waals surface area contributed by atoms with Crippen LogP contribution in [0.5, 0.6) is 0 Å². The van der Waals surface area contributed by atoms with Crippen LogP contribution in [-0.4, -0.2) is 42.5 Å². The smallest absolute Gasteiger partial charge is 0.123 e. The molecule has 2 nitrogen and oxygen atoms in total. The van der Waals surface area contributed by atoms with E-state index in [4.69, 9.17) is 0 Å². The van der Waals surface area contributed by atoms with Gasteiger partial charge >= 0.3 is 0 Å². The maximum atomic E-state index is 12.9. The van der Waals surface area contributed by atoms with Gasteiger partial charge in [-0.15, -0.1) is 0 Å². The fourth-order valence-electron chi connectivity index (χ4n) is 4.41. The molecule has 1 aromatic rings. The Labute approximate surface area is 132 Å². The second-order valence-corrected chi connectivity index (χ2v) is 7.24. The summed E-state index contributed by atoms with van der Waals surface area (Å²) in [5.74, 6) is 2.50. The standard InChI is InChI=1S/C19H25FN2/c20-19-5-2-15(3-6-19)13-21-7-9-22(10-8-21)14-18-12-16-1-4-17(18)11-16/h1-6,16-18H,7-14H2/t16-,17-,18-/m0/s1. The average molecular weight is 300 g/mol. The Kier molecular flexibility index (Phi) is 4.01. The molecule has 1 aromatic carbocycles. The third kappa shape index (κ3) is 3.11. The lowest BCUT2D eigenvalue weighted by molar-refractivity contribution is 0.108. The first-order chi connectivity index (χ1) is 10.8. The summed E-state index contributed by atoms with van der Waals surface area (Å²) >= 11 is 0. The van der Waals surface area contributed by atoms with E-state index in [1.807, 2.05) is 12.1 Å². The molecular weight excluding hydrogens is 275 g/mol. The molecule has 0 unspecified atom stereocenters. The van der Waals surface area contributed by atoms with E-state index in [0.717, 1.165) is 37.4 Å². The topological polar surface area (TPSA) is 6.48 Å². The molecular formula is C19H25FN2. The van der Waals surface area contributed by atoms with E-state index in [-0.39, 0.29) is 5.82 Å². The molecule has 3 aliphatic rings. The van der Waals surface area contributed by atoms with Crippen LogP contribution < -0.4 is 0 Å². The van der Waals surface area contributed by atoms with Gasteiger partial charge in [0.15, 0.2) is 0 Å². The molecule has 1 saturated carbocycles. The highest BCUT2D eigenvalue weighted by Gasteiger charge is 2.36. The molecule has 1 heterocycles. The first kappa shape index (κ1) is 14.4. The van der Waals surface area contributed by atoms with Gasteiger partial charge in [-0.25, -0.2) is 4.39 Å². The average Bonchev–Trinajstić information content (AvgIpc) is 3.14. The summed E-state index contributed by atoms with van der Waals surface area (Å²) in [4.78, 5) is 5.14. The van der Waals surface area contributed by atoms with Crippen LogP contribution in [0.2, 0.25) is 0 Å². The van der Waals surface area contributed by atoms with Gasteiger partial charge in [0.1, 0.15) is 5.82 Å². The first-order valence-electron chi connectivity index (χ1n) is 8.64. The van der Waals surface area contributed by atoms with Gasteiger partial charge in [-0.1, -0.05) is 24.3 Å². The zero-order chi connectivity index (χ0) is 14.9. The van der Waals surface area contributed by atoms with Crippen molar-refractivity contribution < 1.29 is 4.39 Å². The molecule has 2 fully saturated rings. The first-order valence-corrected chi connectivity index (χ1v) is 8.64. The lowest BCUT2D eigenvalue weighted by Crippen LogP contribution is -2.47. The van der Waals surface area contributed by atoms with Crippen LogP contribution in [0.25, 0.3) is 0 Å². The van der Waals surface area contributed by atoms with Crippen LogP contribution in [0.3, 0.4) is 0 Å². The highest BCUT2D eigenvalue weighted by molar-refractivity contribution is 5.16. The lowest BCUT2D eigenvalue weighted by atomic mass is 9.93. The van der Waals surface area contributed by atoms with Crippen molar-refractivity contribution in [3.05, 3.63) is 47.8 Å². The van der Waals surface area contributed by atoms with Crippen molar-refractivity contribution in [2.45, 2.75) is 19.4 Å². The van der Waals surface area contributed by atoms with E-state index in [1.165, 1.54) is 38.0 Å². The Balaban J connectivity index is 1.24. The Bertz CT molecular complexity index is 531. The minimum atomic E-state index is -0.145. The summed E-state index contributed by atoms with van der Waals surface area (Å²) in [6, 6.07) is 6.94. The van der Waals surface area contributed by atoms with Crippen molar-refractivity contribution in [3.8, 4) is 0 Å². The van der Waals surface area contributed by atoms with Crippen molar-refractivity contribution in [3.63, 3.8) is 0 Å². The monoisotopic (exact) mass is 300 g/mol. The van der Waals surface area contributed by atoms with Crippen molar-refractivity contribution in [2.24, 2.45) is 17.8 Å². The predicted molar refractivity (Wildman–Crippen MR) is 87.0 cm³/mol. The molecule has 0 aromatic heterocycles. The summed E-state index contributed by atoms with van der Waals surface area (Å²) in [7, 11) is 0. The maximum Gasteiger partial charge on any atom is 0.123 e. The molecule has 2 aliphatic carbocycles. The lowest BCUT2D eigenvalue weighted by Gasteiger charge is -2.37. The summed E-state index contributed by atoms with van der Waals surface area (Å²) in [5.41, 5.74) is 1.22. The highest BCUT2D eigenvalue weighted by atomic mass is 19.1. The number of nitrogens with zero attached hydrogens (tertiary/aromatic N) is 2. The van der Waals surface area contributed by atoms with E-state index in [2.05, 4.69) is 22.0 Å². The van der Waals surface area contributed by atoms with Crippen molar-refractivity contribution in [1.82, 2.24) is 9.80 Å². The third-order valence-electron chi connectivity index (χ3n) is 5.69. The van der Waals surface area contributed by atoms with Crippen LogP contribution in [0.1, 0.15) is 18.4 Å². The Morgan fingerprint density at radius 3 is 2.27 bits per heavy atom. The molecule has 118 valence electrons. The summed E-state index contributed by atoms with van der Waals surface area (Å²) in [6.07, 6.45) is 7.72. The van der Waals surface area contributed by atoms with E-state index in [1.54, 1.807) is 12.1 Å².